The Hall–Kier alpha value is -1.28. The third-order valence-corrected chi connectivity index (χ3v) is 4.51. The Kier molecular flexibility index (Phi) is 4.31. The number of carbonyl (C=O) groups excluding carboxylic acids is 1. The Morgan fingerprint density at radius 2 is 1.84 bits per heavy atom. The first-order valence-electron chi connectivity index (χ1n) is 6.06. The van der Waals surface area contributed by atoms with Gasteiger partial charge in [0.15, 0.2) is 0 Å². The molecular weight excluding hydrogens is 272 g/mol. The van der Waals surface area contributed by atoms with Crippen LogP contribution in [-0.2, 0) is 14.4 Å². The molecular formula is C11H16N2O5S. The molecule has 2 fully saturated rings. The van der Waals surface area contributed by atoms with Crippen LogP contribution in [0.2, 0.25) is 0 Å². The highest BCUT2D eigenvalue weighted by molar-refractivity contribution is 7.99. The summed E-state index contributed by atoms with van der Waals surface area (Å²) in [4.78, 5) is 35.8. The molecule has 7 nitrogen and oxygen atoms in total. The Morgan fingerprint density at radius 3 is 2.37 bits per heavy atom. The molecule has 3 N–H and O–H groups in total. The highest BCUT2D eigenvalue weighted by atomic mass is 32.2. The number of piperidine rings is 1. The number of likely N-dealkylation sites (tertiary alicyclic amines) is 1. The van der Waals surface area contributed by atoms with Gasteiger partial charge in [0.05, 0.1) is 17.9 Å². The lowest BCUT2D eigenvalue weighted by Gasteiger charge is -2.35. The number of hydrogen-bond acceptors (Lipinski definition) is 5. The summed E-state index contributed by atoms with van der Waals surface area (Å²) >= 11 is 1.62. The van der Waals surface area contributed by atoms with E-state index in [0.717, 1.165) is 0 Å². The summed E-state index contributed by atoms with van der Waals surface area (Å²) in [6.07, 6.45) is 0.192. The molecule has 0 aromatic rings. The van der Waals surface area contributed by atoms with E-state index in [1.165, 1.54) is 4.90 Å². The van der Waals surface area contributed by atoms with Crippen molar-refractivity contribution < 1.29 is 24.6 Å². The van der Waals surface area contributed by atoms with Gasteiger partial charge in [-0.05, 0) is 6.42 Å². The minimum absolute atomic E-state index is 0.0199. The molecule has 3 unspecified atom stereocenters. The van der Waals surface area contributed by atoms with Gasteiger partial charge >= 0.3 is 11.9 Å². The number of amides is 1. The minimum Gasteiger partial charge on any atom is -0.481 e. The second kappa shape index (κ2) is 5.79. The highest BCUT2D eigenvalue weighted by Gasteiger charge is 2.41. The van der Waals surface area contributed by atoms with Crippen molar-refractivity contribution in [2.75, 3.05) is 24.7 Å². The molecule has 2 aliphatic heterocycles. The number of aliphatic carboxylic acids is 2. The molecule has 0 aromatic carbocycles. The van der Waals surface area contributed by atoms with E-state index in [1.54, 1.807) is 11.8 Å². The van der Waals surface area contributed by atoms with Gasteiger partial charge in [-0.3, -0.25) is 19.7 Å². The Balaban J connectivity index is 2.03. The van der Waals surface area contributed by atoms with Gasteiger partial charge in [0.25, 0.3) is 0 Å². The van der Waals surface area contributed by atoms with Crippen molar-refractivity contribution in [1.29, 1.82) is 0 Å². The maximum absolute atomic E-state index is 12.2. The Labute approximate surface area is 114 Å². The number of rotatable bonds is 3. The molecule has 1 amide bonds. The summed E-state index contributed by atoms with van der Waals surface area (Å²) in [6, 6.07) is -0.277. The van der Waals surface area contributed by atoms with Crippen LogP contribution in [0.5, 0.6) is 0 Å². The number of nitrogens with one attached hydrogen (secondary N) is 1. The number of hydrogen-bond donors (Lipinski definition) is 3. The van der Waals surface area contributed by atoms with E-state index < -0.39 is 23.8 Å². The first-order valence-corrected chi connectivity index (χ1v) is 7.21. The fraction of sp³-hybridized carbons (Fsp3) is 0.727. The molecule has 0 spiro atoms. The van der Waals surface area contributed by atoms with E-state index >= 15 is 0 Å². The van der Waals surface area contributed by atoms with Crippen molar-refractivity contribution in [2.24, 2.45) is 11.8 Å². The van der Waals surface area contributed by atoms with Gasteiger partial charge in [-0.2, -0.15) is 0 Å². The summed E-state index contributed by atoms with van der Waals surface area (Å²) < 4.78 is 0. The first-order chi connectivity index (χ1) is 9.00. The maximum atomic E-state index is 12.2. The molecule has 0 radical (unpaired) electrons. The second-order valence-electron chi connectivity index (χ2n) is 4.73. The number of carboxylic acids is 2. The topological polar surface area (TPSA) is 107 Å². The van der Waals surface area contributed by atoms with Crippen LogP contribution in [0, 0.1) is 11.8 Å². The Bertz CT molecular complexity index is 397. The lowest BCUT2D eigenvalue weighted by Crippen LogP contribution is -2.53. The quantitative estimate of drug-likeness (QED) is 0.629. The van der Waals surface area contributed by atoms with Gasteiger partial charge in [0, 0.05) is 24.7 Å². The Morgan fingerprint density at radius 1 is 1.16 bits per heavy atom. The molecule has 2 aliphatic rings. The van der Waals surface area contributed by atoms with Crippen molar-refractivity contribution in [1.82, 2.24) is 10.2 Å². The molecule has 2 rings (SSSR count). The smallest absolute Gasteiger partial charge is 0.309 e. The molecule has 2 heterocycles. The second-order valence-corrected chi connectivity index (χ2v) is 5.76. The summed E-state index contributed by atoms with van der Waals surface area (Å²) in [5.74, 6) is -2.93. The largest absolute Gasteiger partial charge is 0.481 e. The molecule has 19 heavy (non-hydrogen) atoms. The molecule has 0 saturated carbocycles. The van der Waals surface area contributed by atoms with Gasteiger partial charge < -0.3 is 15.1 Å². The van der Waals surface area contributed by atoms with Crippen LogP contribution in [0.3, 0.4) is 0 Å². The van der Waals surface area contributed by atoms with Crippen molar-refractivity contribution in [3.8, 4) is 0 Å². The van der Waals surface area contributed by atoms with Crippen molar-refractivity contribution in [3.05, 3.63) is 0 Å². The highest BCUT2D eigenvalue weighted by Crippen LogP contribution is 2.25. The van der Waals surface area contributed by atoms with Crippen LogP contribution >= 0.6 is 11.8 Å². The van der Waals surface area contributed by atoms with Crippen molar-refractivity contribution in [3.63, 3.8) is 0 Å². The van der Waals surface area contributed by atoms with Crippen LogP contribution in [0.25, 0.3) is 0 Å². The SMILES string of the molecule is O=C(O)C1CCN(C(=O)C2CSCN2)CC1C(=O)O. The van der Waals surface area contributed by atoms with E-state index in [9.17, 15) is 14.4 Å². The zero-order valence-electron chi connectivity index (χ0n) is 10.2. The minimum atomic E-state index is -1.15. The zero-order valence-corrected chi connectivity index (χ0v) is 11.1. The van der Waals surface area contributed by atoms with E-state index in [2.05, 4.69) is 5.32 Å². The van der Waals surface area contributed by atoms with Gasteiger partial charge in [0.2, 0.25) is 5.91 Å². The molecule has 0 aliphatic carbocycles. The van der Waals surface area contributed by atoms with Gasteiger partial charge in [0.1, 0.15) is 0 Å². The molecule has 3 atom stereocenters. The molecule has 0 aromatic heterocycles. The van der Waals surface area contributed by atoms with Crippen LogP contribution in [0.4, 0.5) is 0 Å². The molecule has 2 saturated heterocycles. The standard InChI is InChI=1S/C11H16N2O5S/c14-9(8-4-19-5-12-8)13-2-1-6(10(15)16)7(3-13)11(17)18/h6-8,12H,1-5H2,(H,15,16)(H,17,18). The van der Waals surface area contributed by atoms with Crippen LogP contribution in [0.1, 0.15) is 6.42 Å². The average Bonchev–Trinajstić information content (AvgIpc) is 2.90. The number of carbonyl (C=O) groups is 3. The summed E-state index contributed by atoms with van der Waals surface area (Å²) in [5.41, 5.74) is 0. The number of thioether (sulfide) groups is 1. The maximum Gasteiger partial charge on any atom is 0.309 e. The predicted molar refractivity (Wildman–Crippen MR) is 67.7 cm³/mol. The van der Waals surface area contributed by atoms with Crippen LogP contribution < -0.4 is 5.32 Å². The van der Waals surface area contributed by atoms with E-state index in [4.69, 9.17) is 10.2 Å². The van der Waals surface area contributed by atoms with E-state index in [0.29, 0.717) is 18.2 Å². The van der Waals surface area contributed by atoms with E-state index in [-0.39, 0.29) is 24.9 Å². The lowest BCUT2D eigenvalue weighted by molar-refractivity contribution is -0.159. The average molecular weight is 288 g/mol. The molecule has 106 valence electrons. The van der Waals surface area contributed by atoms with Crippen molar-refractivity contribution in [2.45, 2.75) is 12.5 Å². The normalized spacial score (nSPS) is 31.2. The third kappa shape index (κ3) is 3.01. The predicted octanol–water partition coefficient (Wildman–Crippen LogP) is -0.717. The fourth-order valence-corrected chi connectivity index (χ4v) is 3.41. The summed E-state index contributed by atoms with van der Waals surface area (Å²) in [7, 11) is 0. The fourth-order valence-electron chi connectivity index (χ4n) is 2.47. The monoisotopic (exact) mass is 288 g/mol. The van der Waals surface area contributed by atoms with Crippen LogP contribution in [-0.4, -0.2) is 63.7 Å². The van der Waals surface area contributed by atoms with Crippen molar-refractivity contribution >= 4 is 29.6 Å². The summed E-state index contributed by atoms with van der Waals surface area (Å²) in [5, 5.41) is 21.2. The van der Waals surface area contributed by atoms with E-state index in [1.807, 2.05) is 0 Å². The van der Waals surface area contributed by atoms with Gasteiger partial charge in [-0.1, -0.05) is 0 Å². The number of carboxylic acid groups (broad SMARTS) is 2. The summed E-state index contributed by atoms with van der Waals surface area (Å²) in [6.45, 7) is 0.288. The van der Waals surface area contributed by atoms with Gasteiger partial charge in [-0.25, -0.2) is 0 Å². The lowest BCUT2D eigenvalue weighted by atomic mass is 9.85. The zero-order chi connectivity index (χ0) is 14.0. The molecule has 8 heteroatoms. The number of nitrogens with zero attached hydrogens (tertiary/aromatic N) is 1. The van der Waals surface area contributed by atoms with Gasteiger partial charge in [-0.15, -0.1) is 11.8 Å². The third-order valence-electron chi connectivity index (χ3n) is 3.57. The first kappa shape index (κ1) is 14.1. The molecule has 0 bridgehead atoms. The van der Waals surface area contributed by atoms with Crippen LogP contribution in [0.15, 0.2) is 0 Å².